The third-order valence-corrected chi connectivity index (χ3v) is 3.69. The average molecular weight is 247 g/mol. The normalized spacial score (nSPS) is 18.3. The molecule has 1 heterocycles. The number of fused-ring (bicyclic) bond motifs is 2. The summed E-state index contributed by atoms with van der Waals surface area (Å²) in [4.78, 5) is 11.9. The third-order valence-electron chi connectivity index (χ3n) is 2.98. The summed E-state index contributed by atoms with van der Waals surface area (Å²) in [5.74, 6) is -0.314. The third kappa shape index (κ3) is 1.69. The highest BCUT2D eigenvalue weighted by molar-refractivity contribution is 8.15. The van der Waals surface area contributed by atoms with Crippen LogP contribution in [0.25, 0.3) is 5.57 Å². The molecule has 1 N–H and O–H groups in total. The summed E-state index contributed by atoms with van der Waals surface area (Å²) in [5, 5.41) is -0.0495. The van der Waals surface area contributed by atoms with Crippen molar-refractivity contribution in [1.82, 2.24) is 0 Å². The smallest absolute Gasteiger partial charge is 0.239 e. The van der Waals surface area contributed by atoms with E-state index < -0.39 is 0 Å². The quantitative estimate of drug-likeness (QED) is 0.711. The van der Waals surface area contributed by atoms with Crippen molar-refractivity contribution in [3.63, 3.8) is 0 Å². The van der Waals surface area contributed by atoms with Gasteiger partial charge in [-0.3, -0.25) is 4.79 Å². The first-order valence-corrected chi connectivity index (χ1v) is 6.25. The van der Waals surface area contributed by atoms with Crippen LogP contribution in [0.1, 0.15) is 18.4 Å². The van der Waals surface area contributed by atoms with Crippen LogP contribution in [0.15, 0.2) is 35.9 Å². The molecule has 3 rings (SSSR count). The minimum atomic E-state index is -0.314. The van der Waals surface area contributed by atoms with Gasteiger partial charge in [0.1, 0.15) is 5.82 Å². The molecule has 0 amide bonds. The molecule has 1 aromatic carbocycles. The highest BCUT2D eigenvalue weighted by Crippen LogP contribution is 2.39. The first kappa shape index (κ1) is 10.6. The predicted octanol–water partition coefficient (Wildman–Crippen LogP) is 3.53. The summed E-state index contributed by atoms with van der Waals surface area (Å²) in [6.45, 7) is 0. The predicted molar refractivity (Wildman–Crippen MR) is 67.9 cm³/mol. The highest BCUT2D eigenvalue weighted by Gasteiger charge is 2.24. The number of para-hydroxylation sites is 1. The maximum absolute atomic E-state index is 13.7. The molecule has 4 heteroatoms. The topological polar surface area (TPSA) is 29.1 Å². The molecule has 0 atom stereocenters. The zero-order valence-electron chi connectivity index (χ0n) is 9.00. The number of carbonyl (C=O) groups is 1. The maximum Gasteiger partial charge on any atom is 0.239 e. The second-order valence-corrected chi connectivity index (χ2v) is 4.77. The molecule has 0 radical (unpaired) electrons. The number of benzene rings is 1. The Morgan fingerprint density at radius 2 is 2.24 bits per heavy atom. The van der Waals surface area contributed by atoms with Gasteiger partial charge in [0, 0.05) is 23.1 Å². The van der Waals surface area contributed by atoms with Crippen molar-refractivity contribution in [2.24, 2.45) is 0 Å². The lowest BCUT2D eigenvalue weighted by atomic mass is 9.91. The SMILES string of the molecule is O=C1SNc2c(F)cccc2C2=C1C=CCC2. The van der Waals surface area contributed by atoms with E-state index in [1.54, 1.807) is 6.07 Å². The van der Waals surface area contributed by atoms with E-state index in [1.807, 2.05) is 18.2 Å². The molecule has 2 aliphatic rings. The molecule has 0 spiro atoms. The Kier molecular flexibility index (Phi) is 2.52. The number of rotatable bonds is 0. The summed E-state index contributed by atoms with van der Waals surface area (Å²) in [5.41, 5.74) is 2.87. The summed E-state index contributed by atoms with van der Waals surface area (Å²) >= 11 is 0.943. The molecule has 1 aliphatic carbocycles. The lowest BCUT2D eigenvalue weighted by Gasteiger charge is -2.14. The monoisotopic (exact) mass is 247 g/mol. The minimum Gasteiger partial charge on any atom is -0.320 e. The zero-order chi connectivity index (χ0) is 11.8. The van der Waals surface area contributed by atoms with E-state index >= 15 is 0 Å². The summed E-state index contributed by atoms with van der Waals surface area (Å²) in [7, 11) is 0. The van der Waals surface area contributed by atoms with Gasteiger partial charge in [0.15, 0.2) is 0 Å². The van der Waals surface area contributed by atoms with E-state index in [9.17, 15) is 9.18 Å². The van der Waals surface area contributed by atoms with Crippen LogP contribution in [0.4, 0.5) is 10.1 Å². The van der Waals surface area contributed by atoms with E-state index in [4.69, 9.17) is 0 Å². The van der Waals surface area contributed by atoms with Gasteiger partial charge in [-0.25, -0.2) is 4.39 Å². The van der Waals surface area contributed by atoms with Gasteiger partial charge in [-0.2, -0.15) is 0 Å². The van der Waals surface area contributed by atoms with Gasteiger partial charge in [-0.15, -0.1) is 0 Å². The number of anilines is 1. The van der Waals surface area contributed by atoms with Crippen LogP contribution in [-0.4, -0.2) is 5.12 Å². The Hall–Kier alpha value is -1.55. The van der Waals surface area contributed by atoms with E-state index in [0.29, 0.717) is 11.3 Å². The van der Waals surface area contributed by atoms with Gasteiger partial charge in [0.25, 0.3) is 0 Å². The van der Waals surface area contributed by atoms with Gasteiger partial charge >= 0.3 is 0 Å². The molecule has 0 unspecified atom stereocenters. The lowest BCUT2D eigenvalue weighted by Crippen LogP contribution is -2.00. The Morgan fingerprint density at radius 3 is 3.12 bits per heavy atom. The Bertz CT molecular complexity index is 563. The molecular weight excluding hydrogens is 237 g/mol. The van der Waals surface area contributed by atoms with Crippen molar-refractivity contribution in [3.8, 4) is 0 Å². The number of nitrogens with one attached hydrogen (secondary N) is 1. The van der Waals surface area contributed by atoms with Crippen molar-refractivity contribution in [1.29, 1.82) is 0 Å². The Labute approximate surface area is 103 Å². The van der Waals surface area contributed by atoms with Crippen LogP contribution in [0.5, 0.6) is 0 Å². The molecule has 1 aliphatic heterocycles. The van der Waals surface area contributed by atoms with Gasteiger partial charge in [-0.05, 0) is 24.5 Å². The van der Waals surface area contributed by atoms with Crippen molar-refractivity contribution in [3.05, 3.63) is 47.3 Å². The largest absolute Gasteiger partial charge is 0.320 e. The van der Waals surface area contributed by atoms with Crippen LogP contribution < -0.4 is 4.72 Å². The first-order chi connectivity index (χ1) is 8.27. The second-order valence-electron chi connectivity index (χ2n) is 3.99. The highest BCUT2D eigenvalue weighted by atomic mass is 32.2. The summed E-state index contributed by atoms with van der Waals surface area (Å²) < 4.78 is 16.5. The molecule has 17 heavy (non-hydrogen) atoms. The van der Waals surface area contributed by atoms with E-state index in [0.717, 1.165) is 35.9 Å². The van der Waals surface area contributed by atoms with Crippen LogP contribution in [-0.2, 0) is 4.79 Å². The van der Waals surface area contributed by atoms with Crippen molar-refractivity contribution in [2.75, 3.05) is 4.72 Å². The fraction of sp³-hybridized carbons (Fsp3) is 0.154. The lowest BCUT2D eigenvalue weighted by molar-refractivity contribution is -0.107. The van der Waals surface area contributed by atoms with Gasteiger partial charge < -0.3 is 4.72 Å². The fourth-order valence-electron chi connectivity index (χ4n) is 2.17. The molecule has 86 valence electrons. The van der Waals surface area contributed by atoms with Crippen molar-refractivity contribution < 1.29 is 9.18 Å². The molecule has 0 saturated heterocycles. The Balaban J connectivity index is 2.26. The van der Waals surface area contributed by atoms with Gasteiger partial charge in [0.2, 0.25) is 5.12 Å². The molecule has 0 aromatic heterocycles. The van der Waals surface area contributed by atoms with Crippen LogP contribution in [0.3, 0.4) is 0 Å². The van der Waals surface area contributed by atoms with Crippen LogP contribution >= 0.6 is 11.9 Å². The standard InChI is InChI=1S/C13H10FNOS/c14-11-7-3-6-9-8-4-1-2-5-10(8)13(16)17-15-12(9)11/h2-3,5-7,15H,1,4H2. The van der Waals surface area contributed by atoms with Crippen molar-refractivity contribution in [2.45, 2.75) is 12.8 Å². The Morgan fingerprint density at radius 1 is 1.35 bits per heavy atom. The fourth-order valence-corrected chi connectivity index (χ4v) is 2.87. The minimum absolute atomic E-state index is 0.0495. The van der Waals surface area contributed by atoms with Crippen molar-refractivity contribution >= 4 is 28.3 Å². The zero-order valence-corrected chi connectivity index (χ0v) is 9.81. The number of carbonyl (C=O) groups excluding carboxylic acids is 1. The van der Waals surface area contributed by atoms with E-state index in [1.165, 1.54) is 6.07 Å². The molecule has 2 nitrogen and oxygen atoms in total. The van der Waals surface area contributed by atoms with Gasteiger partial charge in [0.05, 0.1) is 5.69 Å². The second kappa shape index (κ2) is 4.04. The molecule has 0 bridgehead atoms. The first-order valence-electron chi connectivity index (χ1n) is 5.43. The van der Waals surface area contributed by atoms with Crippen LogP contribution in [0, 0.1) is 5.82 Å². The molecule has 0 saturated carbocycles. The average Bonchev–Trinajstić information content (AvgIpc) is 2.50. The van der Waals surface area contributed by atoms with E-state index in [-0.39, 0.29) is 10.9 Å². The molecule has 1 aromatic rings. The molecular formula is C13H10FNOS. The summed E-state index contributed by atoms with van der Waals surface area (Å²) in [6, 6.07) is 4.94. The van der Waals surface area contributed by atoms with E-state index in [2.05, 4.69) is 4.72 Å². The number of halogens is 1. The maximum atomic E-state index is 13.7. The number of allylic oxidation sites excluding steroid dienone is 3. The molecule has 0 fully saturated rings. The summed E-state index contributed by atoms with van der Waals surface area (Å²) in [6.07, 6.45) is 5.51. The number of hydrogen-bond donors (Lipinski definition) is 1. The van der Waals surface area contributed by atoms with Crippen LogP contribution in [0.2, 0.25) is 0 Å². The van der Waals surface area contributed by atoms with Gasteiger partial charge in [-0.1, -0.05) is 24.3 Å². The number of hydrogen-bond acceptors (Lipinski definition) is 3.